The summed E-state index contributed by atoms with van der Waals surface area (Å²) in [7, 11) is 0. The van der Waals surface area contributed by atoms with Crippen molar-refractivity contribution in [2.24, 2.45) is 0 Å². The molecule has 0 saturated heterocycles. The number of anilines is 2. The number of carboxylic acid groups (broad SMARTS) is 1. The fourth-order valence-corrected chi connectivity index (χ4v) is 5.55. The SMILES string of the molecule is CCOc1ccnc(Nc2cc(C)cc(-c3cnc([C@@]4(O)CCCc5cc(C(=O)O)ccc54)s3)n2)c1. The van der Waals surface area contributed by atoms with Crippen LogP contribution in [0.2, 0.25) is 0 Å². The first-order chi connectivity index (χ1) is 17.4. The number of carboxylic acids is 1. The van der Waals surface area contributed by atoms with Crippen LogP contribution >= 0.6 is 11.3 Å². The van der Waals surface area contributed by atoms with Crippen LogP contribution in [0.3, 0.4) is 0 Å². The fraction of sp³-hybridized carbons (Fsp3) is 0.259. The maximum Gasteiger partial charge on any atom is 0.335 e. The van der Waals surface area contributed by atoms with Crippen LogP contribution in [0, 0.1) is 6.92 Å². The molecule has 0 bridgehead atoms. The van der Waals surface area contributed by atoms with Gasteiger partial charge in [-0.3, -0.25) is 0 Å². The van der Waals surface area contributed by atoms with Crippen molar-refractivity contribution < 1.29 is 19.7 Å². The Labute approximate surface area is 212 Å². The third kappa shape index (κ3) is 4.67. The quantitative estimate of drug-likeness (QED) is 0.311. The Morgan fingerprint density at radius 1 is 1.17 bits per heavy atom. The minimum absolute atomic E-state index is 0.225. The summed E-state index contributed by atoms with van der Waals surface area (Å²) in [5.74, 6) is 1.03. The number of rotatable bonds is 7. The number of carbonyl (C=O) groups is 1. The Morgan fingerprint density at radius 3 is 2.83 bits per heavy atom. The van der Waals surface area contributed by atoms with E-state index < -0.39 is 11.6 Å². The molecule has 1 aliphatic rings. The average molecular weight is 503 g/mol. The predicted molar refractivity (Wildman–Crippen MR) is 138 cm³/mol. The van der Waals surface area contributed by atoms with Crippen molar-refractivity contribution in [3.05, 3.63) is 82.1 Å². The zero-order chi connectivity index (χ0) is 25.3. The van der Waals surface area contributed by atoms with E-state index >= 15 is 0 Å². The summed E-state index contributed by atoms with van der Waals surface area (Å²) in [5, 5.41) is 24.9. The highest BCUT2D eigenvalue weighted by Gasteiger charge is 2.39. The number of hydrogen-bond acceptors (Lipinski definition) is 8. The summed E-state index contributed by atoms with van der Waals surface area (Å²) in [6.07, 6.45) is 5.41. The van der Waals surface area contributed by atoms with Crippen LogP contribution in [0.25, 0.3) is 10.6 Å². The first-order valence-electron chi connectivity index (χ1n) is 11.8. The molecule has 0 saturated carbocycles. The number of aromatic nitrogens is 3. The Hall–Kier alpha value is -3.82. The Bertz CT molecular complexity index is 1440. The predicted octanol–water partition coefficient (Wildman–Crippen LogP) is 5.32. The third-order valence-electron chi connectivity index (χ3n) is 6.16. The normalized spacial score (nSPS) is 16.9. The largest absolute Gasteiger partial charge is 0.494 e. The smallest absolute Gasteiger partial charge is 0.335 e. The number of hydrogen-bond donors (Lipinski definition) is 3. The lowest BCUT2D eigenvalue weighted by Gasteiger charge is -2.33. The number of benzene rings is 1. The van der Waals surface area contributed by atoms with Gasteiger partial charge in [0.2, 0.25) is 0 Å². The fourth-order valence-electron chi connectivity index (χ4n) is 4.54. The van der Waals surface area contributed by atoms with E-state index in [1.54, 1.807) is 36.7 Å². The van der Waals surface area contributed by atoms with Crippen LogP contribution in [0.4, 0.5) is 11.6 Å². The Kier molecular flexibility index (Phi) is 6.42. The van der Waals surface area contributed by atoms with Gasteiger partial charge in [0.05, 0.1) is 22.7 Å². The van der Waals surface area contributed by atoms with Crippen molar-refractivity contribution in [1.82, 2.24) is 15.0 Å². The van der Waals surface area contributed by atoms with Crippen LogP contribution in [-0.4, -0.2) is 37.7 Å². The summed E-state index contributed by atoms with van der Waals surface area (Å²) in [6.45, 7) is 4.50. The summed E-state index contributed by atoms with van der Waals surface area (Å²) >= 11 is 1.39. The minimum atomic E-state index is -1.26. The van der Waals surface area contributed by atoms with Gasteiger partial charge in [-0.2, -0.15) is 0 Å². The summed E-state index contributed by atoms with van der Waals surface area (Å²) in [5.41, 5.74) is 2.29. The minimum Gasteiger partial charge on any atom is -0.494 e. The zero-order valence-electron chi connectivity index (χ0n) is 20.0. The average Bonchev–Trinajstić information content (AvgIpc) is 3.35. The Balaban J connectivity index is 1.45. The highest BCUT2D eigenvalue weighted by molar-refractivity contribution is 7.15. The molecule has 184 valence electrons. The zero-order valence-corrected chi connectivity index (χ0v) is 20.8. The van der Waals surface area contributed by atoms with Gasteiger partial charge in [0.1, 0.15) is 28.0 Å². The van der Waals surface area contributed by atoms with Crippen molar-refractivity contribution >= 4 is 28.9 Å². The lowest BCUT2D eigenvalue weighted by atomic mass is 9.79. The van der Waals surface area contributed by atoms with Gasteiger partial charge in [-0.15, -0.1) is 11.3 Å². The van der Waals surface area contributed by atoms with Crippen molar-refractivity contribution in [3.8, 4) is 16.3 Å². The summed E-state index contributed by atoms with van der Waals surface area (Å²) in [6, 6.07) is 12.5. The second kappa shape index (κ2) is 9.67. The van der Waals surface area contributed by atoms with E-state index in [0.29, 0.717) is 29.7 Å². The number of aliphatic hydroxyl groups is 1. The topological polar surface area (TPSA) is 117 Å². The highest BCUT2D eigenvalue weighted by Crippen LogP contribution is 2.43. The molecule has 0 radical (unpaired) electrons. The molecule has 3 N–H and O–H groups in total. The van der Waals surface area contributed by atoms with E-state index in [9.17, 15) is 15.0 Å². The van der Waals surface area contributed by atoms with Crippen molar-refractivity contribution in [1.29, 1.82) is 0 Å². The molecule has 0 aliphatic heterocycles. The molecule has 9 heteroatoms. The lowest BCUT2D eigenvalue weighted by Crippen LogP contribution is -2.32. The van der Waals surface area contributed by atoms with Crippen molar-refractivity contribution in [2.45, 2.75) is 38.7 Å². The summed E-state index contributed by atoms with van der Waals surface area (Å²) < 4.78 is 5.55. The lowest BCUT2D eigenvalue weighted by molar-refractivity contribution is 0.0607. The van der Waals surface area contributed by atoms with Gasteiger partial charge in [0.25, 0.3) is 0 Å². The molecule has 3 heterocycles. The number of fused-ring (bicyclic) bond motifs is 1. The number of aryl methyl sites for hydroxylation is 2. The number of aromatic carboxylic acids is 1. The molecule has 36 heavy (non-hydrogen) atoms. The second-order valence-corrected chi connectivity index (χ2v) is 9.80. The summed E-state index contributed by atoms with van der Waals surface area (Å²) in [4.78, 5) is 25.9. The van der Waals surface area contributed by atoms with E-state index in [1.807, 2.05) is 32.0 Å². The molecule has 0 fully saturated rings. The molecular weight excluding hydrogens is 476 g/mol. The number of pyridine rings is 2. The molecule has 0 spiro atoms. The molecular formula is C27H26N4O4S. The molecule has 0 amide bonds. The van der Waals surface area contributed by atoms with E-state index in [1.165, 1.54) is 11.3 Å². The van der Waals surface area contributed by atoms with Crippen LogP contribution in [-0.2, 0) is 12.0 Å². The number of nitrogens with zero attached hydrogens (tertiary/aromatic N) is 3. The Morgan fingerprint density at radius 2 is 2.03 bits per heavy atom. The van der Waals surface area contributed by atoms with Gasteiger partial charge >= 0.3 is 5.97 Å². The maximum atomic E-state index is 11.7. The van der Waals surface area contributed by atoms with Gasteiger partial charge < -0.3 is 20.3 Å². The third-order valence-corrected chi connectivity index (χ3v) is 7.33. The monoisotopic (exact) mass is 502 g/mol. The molecule has 8 nitrogen and oxygen atoms in total. The van der Waals surface area contributed by atoms with E-state index in [2.05, 4.69) is 15.3 Å². The first kappa shape index (κ1) is 23.9. The van der Waals surface area contributed by atoms with Gasteiger partial charge in [0, 0.05) is 18.5 Å². The molecule has 4 aromatic rings. The van der Waals surface area contributed by atoms with Gasteiger partial charge in [-0.1, -0.05) is 6.07 Å². The number of thiazole rings is 1. The van der Waals surface area contributed by atoms with Crippen LogP contribution in [0.1, 0.15) is 51.8 Å². The van der Waals surface area contributed by atoms with E-state index in [4.69, 9.17) is 9.72 Å². The molecule has 1 atom stereocenters. The van der Waals surface area contributed by atoms with Gasteiger partial charge in [-0.25, -0.2) is 19.7 Å². The maximum absolute atomic E-state index is 11.7. The molecule has 1 aliphatic carbocycles. The van der Waals surface area contributed by atoms with Crippen LogP contribution in [0.15, 0.2) is 54.9 Å². The van der Waals surface area contributed by atoms with E-state index in [0.717, 1.165) is 45.9 Å². The second-order valence-electron chi connectivity index (χ2n) is 8.77. The van der Waals surface area contributed by atoms with Crippen molar-refractivity contribution in [2.75, 3.05) is 11.9 Å². The highest BCUT2D eigenvalue weighted by atomic mass is 32.1. The molecule has 5 rings (SSSR count). The molecule has 0 unspecified atom stereocenters. The van der Waals surface area contributed by atoms with Gasteiger partial charge in [0.15, 0.2) is 0 Å². The van der Waals surface area contributed by atoms with Gasteiger partial charge in [-0.05, 0) is 80.1 Å². The van der Waals surface area contributed by atoms with Crippen molar-refractivity contribution in [3.63, 3.8) is 0 Å². The molecule has 1 aromatic carbocycles. The molecule has 3 aromatic heterocycles. The standard InChI is InChI=1S/C27H26N4O4S/c1-3-35-19-8-10-28-23(14-19)31-24-12-16(2)11-21(30-24)22-15-29-26(36-22)27(34)9-4-5-17-13-18(25(32)33)6-7-20(17)27/h6-8,10-15,34H,3-5,9H2,1-2H3,(H,32,33)(H,28,30,31)/t27-/m1/s1. The number of nitrogens with one attached hydrogen (secondary N) is 1. The first-order valence-corrected chi connectivity index (χ1v) is 12.6. The van der Waals surface area contributed by atoms with E-state index in [-0.39, 0.29) is 5.56 Å². The van der Waals surface area contributed by atoms with Crippen LogP contribution in [0.5, 0.6) is 5.75 Å². The van der Waals surface area contributed by atoms with Crippen LogP contribution < -0.4 is 10.1 Å². The number of ether oxygens (including phenoxy) is 1.